The van der Waals surface area contributed by atoms with E-state index in [1.807, 2.05) is 6.07 Å². The largest absolute Gasteiger partial charge is 0.229 e. The Morgan fingerprint density at radius 2 is 2.12 bits per heavy atom. The van der Waals surface area contributed by atoms with Crippen LogP contribution in [0.25, 0.3) is 0 Å². The maximum absolute atomic E-state index is 13.1. The zero-order chi connectivity index (χ0) is 12.2. The molecule has 0 fully saturated rings. The Balaban J connectivity index is 2.47. The van der Waals surface area contributed by atoms with Gasteiger partial charge in [-0.05, 0) is 27.6 Å². The van der Waals surface area contributed by atoms with E-state index in [2.05, 4.69) is 15.9 Å². The predicted molar refractivity (Wildman–Crippen MR) is 70.0 cm³/mol. The molecule has 0 aliphatic carbocycles. The third-order valence-electron chi connectivity index (χ3n) is 1.89. The maximum atomic E-state index is 13.1. The standard InChI is InChI=1S/C10H12BrFO2S2/c1-16(13,14)6-5-15-7-8-3-2-4-9(12)10(8)11/h2-4H,5-7H2,1H3. The molecule has 0 N–H and O–H groups in total. The number of hydrogen-bond acceptors (Lipinski definition) is 3. The summed E-state index contributed by atoms with van der Waals surface area (Å²) in [6, 6.07) is 4.85. The normalized spacial score (nSPS) is 11.7. The Hall–Kier alpha value is -0.0700. The van der Waals surface area contributed by atoms with Crippen molar-refractivity contribution in [2.45, 2.75) is 5.75 Å². The summed E-state index contributed by atoms with van der Waals surface area (Å²) >= 11 is 4.65. The van der Waals surface area contributed by atoms with Crippen LogP contribution >= 0.6 is 27.7 Å². The van der Waals surface area contributed by atoms with E-state index in [1.54, 1.807) is 6.07 Å². The third kappa shape index (κ3) is 4.84. The lowest BCUT2D eigenvalue weighted by atomic mass is 10.2. The van der Waals surface area contributed by atoms with Gasteiger partial charge in [-0.1, -0.05) is 12.1 Å². The van der Waals surface area contributed by atoms with Crippen LogP contribution in [0.2, 0.25) is 0 Å². The first kappa shape index (κ1) is 14.0. The van der Waals surface area contributed by atoms with E-state index in [0.29, 0.717) is 16.0 Å². The number of sulfone groups is 1. The molecule has 1 rings (SSSR count). The highest BCUT2D eigenvalue weighted by atomic mass is 79.9. The summed E-state index contributed by atoms with van der Waals surface area (Å²) < 4.78 is 35.3. The van der Waals surface area contributed by atoms with Crippen LogP contribution in [0.4, 0.5) is 4.39 Å². The average molecular weight is 327 g/mol. The maximum Gasteiger partial charge on any atom is 0.148 e. The van der Waals surface area contributed by atoms with Gasteiger partial charge in [-0.15, -0.1) is 0 Å². The summed E-state index contributed by atoms with van der Waals surface area (Å²) in [6.45, 7) is 0. The van der Waals surface area contributed by atoms with Crippen molar-refractivity contribution in [2.75, 3.05) is 17.8 Å². The molecule has 0 radical (unpaired) electrons. The molecular formula is C10H12BrFO2S2. The summed E-state index contributed by atoms with van der Waals surface area (Å²) in [5.41, 5.74) is 0.846. The highest BCUT2D eigenvalue weighted by Gasteiger charge is 2.06. The molecule has 0 saturated carbocycles. The lowest BCUT2D eigenvalue weighted by Gasteiger charge is -2.04. The van der Waals surface area contributed by atoms with E-state index >= 15 is 0 Å². The van der Waals surface area contributed by atoms with Crippen LogP contribution in [0.15, 0.2) is 22.7 Å². The van der Waals surface area contributed by atoms with Crippen molar-refractivity contribution in [2.24, 2.45) is 0 Å². The molecule has 90 valence electrons. The van der Waals surface area contributed by atoms with Gasteiger partial charge in [-0.2, -0.15) is 11.8 Å². The first-order chi connectivity index (χ1) is 7.40. The van der Waals surface area contributed by atoms with Crippen LogP contribution in [0.3, 0.4) is 0 Å². The molecular weight excluding hydrogens is 315 g/mol. The summed E-state index contributed by atoms with van der Waals surface area (Å²) in [6.07, 6.45) is 1.21. The van der Waals surface area contributed by atoms with Crippen molar-refractivity contribution in [1.82, 2.24) is 0 Å². The monoisotopic (exact) mass is 326 g/mol. The fourth-order valence-electron chi connectivity index (χ4n) is 1.05. The minimum atomic E-state index is -2.90. The highest BCUT2D eigenvalue weighted by molar-refractivity contribution is 9.10. The number of hydrogen-bond donors (Lipinski definition) is 0. The van der Waals surface area contributed by atoms with Gasteiger partial charge in [0.25, 0.3) is 0 Å². The smallest absolute Gasteiger partial charge is 0.148 e. The van der Waals surface area contributed by atoms with E-state index in [1.165, 1.54) is 24.1 Å². The summed E-state index contributed by atoms with van der Waals surface area (Å²) in [5, 5.41) is 0. The number of rotatable bonds is 5. The summed E-state index contributed by atoms with van der Waals surface area (Å²) in [4.78, 5) is 0. The molecule has 0 aromatic heterocycles. The average Bonchev–Trinajstić information content (AvgIpc) is 2.17. The fourth-order valence-corrected chi connectivity index (χ4v) is 3.93. The van der Waals surface area contributed by atoms with Gasteiger partial charge in [0, 0.05) is 17.8 Å². The third-order valence-corrected chi connectivity index (χ3v) is 4.99. The second-order valence-corrected chi connectivity index (χ2v) is 7.55. The van der Waals surface area contributed by atoms with Gasteiger partial charge in [0.05, 0.1) is 10.2 Å². The Labute approximate surface area is 108 Å². The molecule has 0 saturated heterocycles. The first-order valence-corrected chi connectivity index (χ1v) is 8.59. The van der Waals surface area contributed by atoms with E-state index in [0.717, 1.165) is 5.56 Å². The van der Waals surface area contributed by atoms with E-state index in [9.17, 15) is 12.8 Å². The molecule has 16 heavy (non-hydrogen) atoms. The molecule has 0 bridgehead atoms. The van der Waals surface area contributed by atoms with Crippen molar-refractivity contribution in [3.63, 3.8) is 0 Å². The van der Waals surface area contributed by atoms with Crippen LogP contribution in [0.5, 0.6) is 0 Å². The molecule has 1 aromatic rings. The SMILES string of the molecule is CS(=O)(=O)CCSCc1cccc(F)c1Br. The van der Waals surface area contributed by atoms with Gasteiger partial charge in [0.2, 0.25) is 0 Å². The Kier molecular flexibility index (Phi) is 5.27. The highest BCUT2D eigenvalue weighted by Crippen LogP contribution is 2.24. The number of thioether (sulfide) groups is 1. The first-order valence-electron chi connectivity index (χ1n) is 4.58. The van der Waals surface area contributed by atoms with Crippen LogP contribution in [0, 0.1) is 5.82 Å². The van der Waals surface area contributed by atoms with Gasteiger partial charge >= 0.3 is 0 Å². The van der Waals surface area contributed by atoms with E-state index in [4.69, 9.17) is 0 Å². The van der Waals surface area contributed by atoms with E-state index < -0.39 is 9.84 Å². The minimum Gasteiger partial charge on any atom is -0.229 e. The number of benzene rings is 1. The Morgan fingerprint density at radius 3 is 2.75 bits per heavy atom. The molecule has 0 heterocycles. The van der Waals surface area contributed by atoms with Crippen molar-refractivity contribution >= 4 is 37.5 Å². The predicted octanol–water partition coefficient (Wildman–Crippen LogP) is 2.87. The minimum absolute atomic E-state index is 0.157. The quantitative estimate of drug-likeness (QED) is 0.780. The Bertz CT molecular complexity index is 460. The van der Waals surface area contributed by atoms with Gasteiger partial charge in [-0.3, -0.25) is 0 Å². The zero-order valence-electron chi connectivity index (χ0n) is 8.74. The van der Waals surface area contributed by atoms with Crippen molar-refractivity contribution in [3.05, 3.63) is 34.1 Å². The Morgan fingerprint density at radius 1 is 1.44 bits per heavy atom. The van der Waals surface area contributed by atoms with Crippen LogP contribution in [-0.2, 0) is 15.6 Å². The fraction of sp³-hybridized carbons (Fsp3) is 0.400. The second-order valence-electron chi connectivity index (χ2n) is 3.40. The van der Waals surface area contributed by atoms with Crippen LogP contribution in [0.1, 0.15) is 5.56 Å². The summed E-state index contributed by atoms with van der Waals surface area (Å²) in [5.74, 6) is 1.00. The molecule has 0 amide bonds. The van der Waals surface area contributed by atoms with Gasteiger partial charge in [-0.25, -0.2) is 12.8 Å². The van der Waals surface area contributed by atoms with Crippen LogP contribution < -0.4 is 0 Å². The second kappa shape index (κ2) is 6.02. The van der Waals surface area contributed by atoms with Gasteiger partial charge < -0.3 is 0 Å². The summed E-state index contributed by atoms with van der Waals surface area (Å²) in [7, 11) is -2.90. The molecule has 2 nitrogen and oxygen atoms in total. The molecule has 6 heteroatoms. The van der Waals surface area contributed by atoms with Gasteiger partial charge in [0.1, 0.15) is 15.7 Å². The van der Waals surface area contributed by atoms with Crippen molar-refractivity contribution < 1.29 is 12.8 Å². The molecule has 0 atom stereocenters. The van der Waals surface area contributed by atoms with Crippen LogP contribution in [-0.4, -0.2) is 26.2 Å². The molecule has 0 unspecified atom stereocenters. The topological polar surface area (TPSA) is 34.1 Å². The lowest BCUT2D eigenvalue weighted by Crippen LogP contribution is -2.05. The van der Waals surface area contributed by atoms with E-state index in [-0.39, 0.29) is 11.6 Å². The lowest BCUT2D eigenvalue weighted by molar-refractivity contribution is 0.603. The van der Waals surface area contributed by atoms with Crippen molar-refractivity contribution in [1.29, 1.82) is 0 Å². The zero-order valence-corrected chi connectivity index (χ0v) is 12.0. The van der Waals surface area contributed by atoms with Gasteiger partial charge in [0.15, 0.2) is 0 Å². The molecule has 0 aliphatic heterocycles. The molecule has 0 aliphatic rings. The molecule has 0 spiro atoms. The number of halogens is 2. The molecule has 1 aromatic carbocycles. The van der Waals surface area contributed by atoms with Crippen molar-refractivity contribution in [3.8, 4) is 0 Å².